The van der Waals surface area contributed by atoms with Crippen LogP contribution in [0.4, 0.5) is 4.79 Å². The molecular formula is C15H20O3. The number of rotatable bonds is 2. The lowest BCUT2D eigenvalue weighted by Crippen LogP contribution is -2.33. The zero-order valence-electron chi connectivity index (χ0n) is 11.2. The smallest absolute Gasteiger partial charge is 0.438 e. The zero-order valence-corrected chi connectivity index (χ0v) is 11.2. The highest BCUT2D eigenvalue weighted by atomic mass is 16.7. The number of carbonyl (C=O) groups is 1. The molecule has 1 aliphatic rings. The normalized spacial score (nSPS) is 22.4. The van der Waals surface area contributed by atoms with Crippen molar-refractivity contribution in [2.45, 2.75) is 38.7 Å². The van der Waals surface area contributed by atoms with Crippen molar-refractivity contribution in [2.75, 3.05) is 7.11 Å². The van der Waals surface area contributed by atoms with Gasteiger partial charge in [0.25, 0.3) is 0 Å². The van der Waals surface area contributed by atoms with Crippen molar-refractivity contribution in [2.24, 2.45) is 5.92 Å². The quantitative estimate of drug-likeness (QED) is 0.751. The molecule has 0 radical (unpaired) electrons. The minimum Gasteiger partial charge on any atom is -0.438 e. The van der Waals surface area contributed by atoms with Crippen molar-refractivity contribution in [3.63, 3.8) is 0 Å². The van der Waals surface area contributed by atoms with Gasteiger partial charge in [-0.3, -0.25) is 0 Å². The third-order valence-corrected chi connectivity index (χ3v) is 3.65. The van der Waals surface area contributed by atoms with Crippen molar-refractivity contribution in [1.29, 1.82) is 0 Å². The number of aryl methyl sites for hydroxylation is 1. The molecule has 3 heteroatoms. The second-order valence-corrected chi connectivity index (χ2v) is 5.12. The topological polar surface area (TPSA) is 35.5 Å². The fourth-order valence-corrected chi connectivity index (χ4v) is 2.86. The van der Waals surface area contributed by atoms with Gasteiger partial charge in [0.2, 0.25) is 0 Å². The molecule has 1 aromatic rings. The summed E-state index contributed by atoms with van der Waals surface area (Å²) in [4.78, 5) is 11.3. The summed E-state index contributed by atoms with van der Waals surface area (Å²) in [6.07, 6.45) is 1.17. The van der Waals surface area contributed by atoms with Gasteiger partial charge >= 0.3 is 6.16 Å². The van der Waals surface area contributed by atoms with E-state index in [9.17, 15) is 4.79 Å². The van der Waals surface area contributed by atoms with E-state index in [1.807, 2.05) is 0 Å². The summed E-state index contributed by atoms with van der Waals surface area (Å²) in [5, 5.41) is 0. The van der Waals surface area contributed by atoms with Gasteiger partial charge in [-0.2, -0.15) is 0 Å². The molecule has 0 saturated heterocycles. The summed E-state index contributed by atoms with van der Waals surface area (Å²) in [7, 11) is 1.35. The van der Waals surface area contributed by atoms with Crippen LogP contribution in [0.2, 0.25) is 0 Å². The first-order valence-corrected chi connectivity index (χ1v) is 6.46. The third kappa shape index (κ3) is 2.50. The van der Waals surface area contributed by atoms with E-state index in [4.69, 9.17) is 4.74 Å². The lowest BCUT2D eigenvalue weighted by atomic mass is 9.75. The molecule has 1 aliphatic carbocycles. The van der Waals surface area contributed by atoms with Gasteiger partial charge in [0.15, 0.2) is 0 Å². The molecule has 2 unspecified atom stereocenters. The standard InChI is InChI=1S/C15H20O3/c1-10(2)14-12-7-5-4-6-11(12)8-9-13(14)18-15(16)17-3/h4-7,10,13-14H,8-9H2,1-3H3. The van der Waals surface area contributed by atoms with Gasteiger partial charge < -0.3 is 9.47 Å². The molecular weight excluding hydrogens is 228 g/mol. The monoisotopic (exact) mass is 248 g/mol. The summed E-state index contributed by atoms with van der Waals surface area (Å²) in [6, 6.07) is 8.43. The van der Waals surface area contributed by atoms with Crippen LogP contribution < -0.4 is 0 Å². The highest BCUT2D eigenvalue weighted by Crippen LogP contribution is 2.38. The number of ether oxygens (including phenoxy) is 2. The van der Waals surface area contributed by atoms with Crippen molar-refractivity contribution in [3.8, 4) is 0 Å². The molecule has 0 spiro atoms. The Kier molecular flexibility index (Phi) is 3.90. The Morgan fingerprint density at radius 2 is 2.06 bits per heavy atom. The fraction of sp³-hybridized carbons (Fsp3) is 0.533. The van der Waals surface area contributed by atoms with Gasteiger partial charge in [-0.1, -0.05) is 38.1 Å². The van der Waals surface area contributed by atoms with E-state index >= 15 is 0 Å². The molecule has 2 atom stereocenters. The number of benzene rings is 1. The number of hydrogen-bond acceptors (Lipinski definition) is 3. The molecule has 3 nitrogen and oxygen atoms in total. The lowest BCUT2D eigenvalue weighted by molar-refractivity contribution is 0.0133. The Balaban J connectivity index is 2.27. The van der Waals surface area contributed by atoms with Crippen LogP contribution in [0, 0.1) is 5.92 Å². The zero-order chi connectivity index (χ0) is 13.1. The highest BCUT2D eigenvalue weighted by Gasteiger charge is 2.34. The minimum absolute atomic E-state index is 0.0765. The van der Waals surface area contributed by atoms with Crippen LogP contribution in [0.1, 0.15) is 37.3 Å². The van der Waals surface area contributed by atoms with E-state index in [2.05, 4.69) is 42.8 Å². The molecule has 98 valence electrons. The van der Waals surface area contributed by atoms with Crippen LogP contribution in [0.3, 0.4) is 0 Å². The van der Waals surface area contributed by atoms with Gasteiger partial charge in [0.1, 0.15) is 6.10 Å². The van der Waals surface area contributed by atoms with E-state index in [1.165, 1.54) is 18.2 Å². The number of fused-ring (bicyclic) bond motifs is 1. The second kappa shape index (κ2) is 5.42. The van der Waals surface area contributed by atoms with E-state index in [-0.39, 0.29) is 12.0 Å². The molecule has 0 bridgehead atoms. The third-order valence-electron chi connectivity index (χ3n) is 3.65. The first-order chi connectivity index (χ1) is 8.63. The molecule has 0 fully saturated rings. The Hall–Kier alpha value is -1.51. The van der Waals surface area contributed by atoms with Gasteiger partial charge in [0.05, 0.1) is 7.11 Å². The molecule has 18 heavy (non-hydrogen) atoms. The SMILES string of the molecule is COC(=O)OC1CCc2ccccc2C1C(C)C. The molecule has 0 amide bonds. The van der Waals surface area contributed by atoms with Gasteiger partial charge in [-0.25, -0.2) is 4.79 Å². The first kappa shape index (κ1) is 12.9. The molecule has 1 aromatic carbocycles. The second-order valence-electron chi connectivity index (χ2n) is 5.12. The van der Waals surface area contributed by atoms with E-state index < -0.39 is 6.16 Å². The Bertz CT molecular complexity index is 426. The molecule has 0 N–H and O–H groups in total. The van der Waals surface area contributed by atoms with Gasteiger partial charge in [-0.15, -0.1) is 0 Å². The fourth-order valence-electron chi connectivity index (χ4n) is 2.86. The van der Waals surface area contributed by atoms with Crippen LogP contribution in [-0.4, -0.2) is 19.4 Å². The molecule has 0 heterocycles. The maximum Gasteiger partial charge on any atom is 0.508 e. The van der Waals surface area contributed by atoms with Crippen LogP contribution in [0.15, 0.2) is 24.3 Å². The summed E-state index contributed by atoms with van der Waals surface area (Å²) in [5.41, 5.74) is 2.69. The summed E-state index contributed by atoms with van der Waals surface area (Å²) in [5.74, 6) is 0.690. The maximum absolute atomic E-state index is 11.3. The average molecular weight is 248 g/mol. The molecule has 2 rings (SSSR count). The lowest BCUT2D eigenvalue weighted by Gasteiger charge is -2.35. The molecule has 0 aliphatic heterocycles. The summed E-state index contributed by atoms with van der Waals surface area (Å²) >= 11 is 0. The Morgan fingerprint density at radius 3 is 2.72 bits per heavy atom. The van der Waals surface area contributed by atoms with Crippen molar-refractivity contribution in [3.05, 3.63) is 35.4 Å². The predicted octanol–water partition coefficient (Wildman–Crippen LogP) is 3.52. The van der Waals surface area contributed by atoms with Crippen molar-refractivity contribution >= 4 is 6.16 Å². The van der Waals surface area contributed by atoms with Crippen LogP contribution in [0.5, 0.6) is 0 Å². The molecule has 0 saturated carbocycles. The van der Waals surface area contributed by atoms with Crippen LogP contribution in [0.25, 0.3) is 0 Å². The minimum atomic E-state index is -0.579. The number of methoxy groups -OCH3 is 1. The van der Waals surface area contributed by atoms with Crippen LogP contribution in [-0.2, 0) is 15.9 Å². The summed E-state index contributed by atoms with van der Waals surface area (Å²) in [6.45, 7) is 4.33. The van der Waals surface area contributed by atoms with Gasteiger partial charge in [0, 0.05) is 5.92 Å². The largest absolute Gasteiger partial charge is 0.508 e. The number of hydrogen-bond donors (Lipinski definition) is 0. The summed E-state index contributed by atoms with van der Waals surface area (Å²) < 4.78 is 10.0. The van der Waals surface area contributed by atoms with Crippen molar-refractivity contribution in [1.82, 2.24) is 0 Å². The Labute approximate surface area is 108 Å². The van der Waals surface area contributed by atoms with E-state index in [0.717, 1.165) is 12.8 Å². The van der Waals surface area contributed by atoms with E-state index in [0.29, 0.717) is 5.92 Å². The maximum atomic E-state index is 11.3. The predicted molar refractivity (Wildman–Crippen MR) is 69.6 cm³/mol. The van der Waals surface area contributed by atoms with Crippen molar-refractivity contribution < 1.29 is 14.3 Å². The van der Waals surface area contributed by atoms with Gasteiger partial charge in [-0.05, 0) is 29.9 Å². The van der Waals surface area contributed by atoms with Crippen LogP contribution >= 0.6 is 0 Å². The average Bonchev–Trinajstić information content (AvgIpc) is 2.37. The first-order valence-electron chi connectivity index (χ1n) is 6.46. The number of carbonyl (C=O) groups excluding carboxylic acids is 1. The van der Waals surface area contributed by atoms with E-state index in [1.54, 1.807) is 0 Å². The highest BCUT2D eigenvalue weighted by molar-refractivity contribution is 5.60. The molecule has 0 aromatic heterocycles. The Morgan fingerprint density at radius 1 is 1.33 bits per heavy atom.